The molecule has 1 aromatic carbocycles. The van der Waals surface area contributed by atoms with E-state index >= 15 is 0 Å². The number of carbonyl (C=O) groups is 1. The van der Waals surface area contributed by atoms with Crippen molar-refractivity contribution in [3.63, 3.8) is 0 Å². The van der Waals surface area contributed by atoms with Crippen LogP contribution in [0.5, 0.6) is 5.75 Å². The van der Waals surface area contributed by atoms with Crippen LogP contribution in [-0.2, 0) is 4.79 Å². The summed E-state index contributed by atoms with van der Waals surface area (Å²) >= 11 is 0. The number of carbonyl (C=O) groups excluding carboxylic acids is 1. The van der Waals surface area contributed by atoms with Crippen molar-refractivity contribution < 1.29 is 9.53 Å². The van der Waals surface area contributed by atoms with Crippen molar-refractivity contribution >= 4 is 11.7 Å². The molecule has 1 fully saturated rings. The zero-order valence-corrected chi connectivity index (χ0v) is 14.7. The van der Waals surface area contributed by atoms with Crippen LogP contribution >= 0.6 is 0 Å². The number of aryl methyl sites for hydroxylation is 2. The largest absolute Gasteiger partial charge is 0.490 e. The maximum Gasteiger partial charge on any atom is 0.239 e. The normalized spacial score (nSPS) is 15.8. The van der Waals surface area contributed by atoms with E-state index in [4.69, 9.17) is 4.74 Å². The third-order valence-electron chi connectivity index (χ3n) is 4.52. The highest BCUT2D eigenvalue weighted by molar-refractivity contribution is 5.91. The first-order chi connectivity index (χ1) is 12.1. The molecule has 0 atom stereocenters. The minimum absolute atomic E-state index is 0.0611. The van der Waals surface area contributed by atoms with Gasteiger partial charge in [0.1, 0.15) is 11.9 Å². The molecule has 1 saturated heterocycles. The van der Waals surface area contributed by atoms with Gasteiger partial charge in [0.15, 0.2) is 5.82 Å². The molecule has 1 aliphatic rings. The number of ether oxygens (including phenoxy) is 1. The standard InChI is InChI=1S/C19H24N4O2/c1-14-5-6-17(12-15(14)2)25-16-7-10-23(11-8-16)13-19(24)21-18-4-3-9-20-22-18/h3-6,9,12,16H,7-8,10-11,13H2,1-2H3,(H,21,22,24). The molecule has 6 heteroatoms. The van der Waals surface area contributed by atoms with E-state index in [-0.39, 0.29) is 12.0 Å². The Morgan fingerprint density at radius 1 is 1.24 bits per heavy atom. The Balaban J connectivity index is 1.43. The number of piperidine rings is 1. The summed E-state index contributed by atoms with van der Waals surface area (Å²) < 4.78 is 6.09. The van der Waals surface area contributed by atoms with Gasteiger partial charge in [-0.1, -0.05) is 6.07 Å². The summed E-state index contributed by atoms with van der Waals surface area (Å²) in [6, 6.07) is 9.70. The molecule has 1 N–H and O–H groups in total. The minimum atomic E-state index is -0.0611. The molecule has 0 bridgehead atoms. The minimum Gasteiger partial charge on any atom is -0.490 e. The van der Waals surface area contributed by atoms with Crippen molar-refractivity contribution in [2.45, 2.75) is 32.8 Å². The van der Waals surface area contributed by atoms with E-state index in [1.807, 2.05) is 6.07 Å². The van der Waals surface area contributed by atoms with E-state index in [2.05, 4.69) is 46.4 Å². The zero-order valence-electron chi connectivity index (χ0n) is 14.7. The van der Waals surface area contributed by atoms with Crippen molar-refractivity contribution in [3.05, 3.63) is 47.7 Å². The number of rotatable bonds is 5. The Labute approximate surface area is 148 Å². The predicted molar refractivity (Wildman–Crippen MR) is 96.7 cm³/mol. The molecular formula is C19H24N4O2. The first kappa shape index (κ1) is 17.4. The van der Waals surface area contributed by atoms with Crippen LogP contribution in [0.4, 0.5) is 5.82 Å². The number of hydrogen-bond donors (Lipinski definition) is 1. The van der Waals surface area contributed by atoms with Crippen LogP contribution in [0.15, 0.2) is 36.5 Å². The van der Waals surface area contributed by atoms with E-state index < -0.39 is 0 Å². The Morgan fingerprint density at radius 2 is 2.04 bits per heavy atom. The van der Waals surface area contributed by atoms with Crippen molar-refractivity contribution in [3.8, 4) is 5.75 Å². The highest BCUT2D eigenvalue weighted by atomic mass is 16.5. The van der Waals surface area contributed by atoms with Crippen LogP contribution < -0.4 is 10.1 Å². The lowest BCUT2D eigenvalue weighted by atomic mass is 10.1. The molecule has 0 spiro atoms. The van der Waals surface area contributed by atoms with Crippen LogP contribution in [0.1, 0.15) is 24.0 Å². The number of nitrogens with one attached hydrogen (secondary N) is 1. The molecule has 0 unspecified atom stereocenters. The van der Waals surface area contributed by atoms with Crippen molar-refractivity contribution in [2.24, 2.45) is 0 Å². The summed E-state index contributed by atoms with van der Waals surface area (Å²) in [4.78, 5) is 14.2. The lowest BCUT2D eigenvalue weighted by Gasteiger charge is -2.31. The molecule has 132 valence electrons. The van der Waals surface area contributed by atoms with Gasteiger partial charge in [-0.05, 0) is 62.1 Å². The Bertz CT molecular complexity index is 713. The molecule has 25 heavy (non-hydrogen) atoms. The monoisotopic (exact) mass is 340 g/mol. The van der Waals surface area contributed by atoms with E-state index in [0.717, 1.165) is 31.7 Å². The number of benzene rings is 1. The summed E-state index contributed by atoms with van der Waals surface area (Å²) in [6.45, 7) is 6.27. The number of hydrogen-bond acceptors (Lipinski definition) is 5. The number of aromatic nitrogens is 2. The Hall–Kier alpha value is -2.47. The van der Waals surface area contributed by atoms with Crippen molar-refractivity contribution in [2.75, 3.05) is 25.0 Å². The van der Waals surface area contributed by atoms with Gasteiger partial charge in [0.25, 0.3) is 0 Å². The van der Waals surface area contributed by atoms with Crippen LogP contribution in [-0.4, -0.2) is 46.7 Å². The molecule has 2 aromatic rings. The van der Waals surface area contributed by atoms with Crippen molar-refractivity contribution in [1.82, 2.24) is 15.1 Å². The molecule has 0 radical (unpaired) electrons. The topological polar surface area (TPSA) is 67.3 Å². The average molecular weight is 340 g/mol. The second-order valence-electron chi connectivity index (χ2n) is 6.50. The number of nitrogens with zero attached hydrogens (tertiary/aromatic N) is 3. The van der Waals surface area contributed by atoms with Gasteiger partial charge < -0.3 is 10.1 Å². The van der Waals surface area contributed by atoms with Crippen LogP contribution in [0.2, 0.25) is 0 Å². The molecule has 1 aromatic heterocycles. The predicted octanol–water partition coefficient (Wildman–Crippen LogP) is 2.58. The molecule has 2 heterocycles. The lowest BCUT2D eigenvalue weighted by molar-refractivity contribution is -0.117. The van der Waals surface area contributed by atoms with Gasteiger partial charge in [-0.3, -0.25) is 9.69 Å². The lowest BCUT2D eigenvalue weighted by Crippen LogP contribution is -2.42. The van der Waals surface area contributed by atoms with E-state index in [9.17, 15) is 4.79 Å². The van der Waals surface area contributed by atoms with E-state index in [1.54, 1.807) is 18.3 Å². The highest BCUT2D eigenvalue weighted by Crippen LogP contribution is 2.21. The van der Waals surface area contributed by atoms with Crippen LogP contribution in [0.3, 0.4) is 0 Å². The smallest absolute Gasteiger partial charge is 0.239 e. The van der Waals surface area contributed by atoms with Gasteiger partial charge >= 0.3 is 0 Å². The highest BCUT2D eigenvalue weighted by Gasteiger charge is 2.22. The van der Waals surface area contributed by atoms with Crippen molar-refractivity contribution in [1.29, 1.82) is 0 Å². The fourth-order valence-corrected chi connectivity index (χ4v) is 2.92. The second-order valence-corrected chi connectivity index (χ2v) is 6.50. The fraction of sp³-hybridized carbons (Fsp3) is 0.421. The summed E-state index contributed by atoms with van der Waals surface area (Å²) in [6.07, 6.45) is 3.63. The van der Waals surface area contributed by atoms with E-state index in [0.29, 0.717) is 12.4 Å². The van der Waals surface area contributed by atoms with Gasteiger partial charge in [0, 0.05) is 19.3 Å². The molecular weight excluding hydrogens is 316 g/mol. The zero-order chi connectivity index (χ0) is 17.6. The van der Waals surface area contributed by atoms with E-state index in [1.165, 1.54) is 11.1 Å². The molecule has 6 nitrogen and oxygen atoms in total. The van der Waals surface area contributed by atoms with Gasteiger partial charge in [0.2, 0.25) is 5.91 Å². The summed E-state index contributed by atoms with van der Waals surface area (Å²) in [5, 5.41) is 10.4. The van der Waals surface area contributed by atoms with Gasteiger partial charge in [-0.2, -0.15) is 5.10 Å². The maximum atomic E-state index is 12.1. The summed E-state index contributed by atoms with van der Waals surface area (Å²) in [5.74, 6) is 1.36. The first-order valence-corrected chi connectivity index (χ1v) is 8.64. The Morgan fingerprint density at radius 3 is 2.72 bits per heavy atom. The van der Waals surface area contributed by atoms with Gasteiger partial charge in [0.05, 0.1) is 6.54 Å². The third kappa shape index (κ3) is 5.00. The number of amides is 1. The maximum absolute atomic E-state index is 12.1. The van der Waals surface area contributed by atoms with Crippen LogP contribution in [0.25, 0.3) is 0 Å². The van der Waals surface area contributed by atoms with Gasteiger partial charge in [-0.15, -0.1) is 5.10 Å². The van der Waals surface area contributed by atoms with Gasteiger partial charge in [-0.25, -0.2) is 0 Å². The first-order valence-electron chi connectivity index (χ1n) is 8.64. The summed E-state index contributed by atoms with van der Waals surface area (Å²) in [5.41, 5.74) is 2.52. The molecule has 1 aliphatic heterocycles. The number of anilines is 1. The van der Waals surface area contributed by atoms with Crippen LogP contribution in [0, 0.1) is 13.8 Å². The Kier molecular flexibility index (Phi) is 5.60. The average Bonchev–Trinajstić information content (AvgIpc) is 2.61. The molecule has 0 aliphatic carbocycles. The molecule has 1 amide bonds. The fourth-order valence-electron chi connectivity index (χ4n) is 2.92. The second kappa shape index (κ2) is 8.07. The SMILES string of the molecule is Cc1ccc(OC2CCN(CC(=O)Nc3cccnn3)CC2)cc1C. The third-order valence-corrected chi connectivity index (χ3v) is 4.52. The quantitative estimate of drug-likeness (QED) is 0.906. The summed E-state index contributed by atoms with van der Waals surface area (Å²) in [7, 11) is 0. The number of likely N-dealkylation sites (tertiary alicyclic amines) is 1. The molecule has 0 saturated carbocycles. The molecule has 3 rings (SSSR count).